The molecule has 2 aliphatic rings. The van der Waals surface area contributed by atoms with E-state index >= 15 is 0 Å². The number of halogens is 2. The number of hydrogen-bond donors (Lipinski definition) is 0. The van der Waals surface area contributed by atoms with E-state index in [1.165, 1.54) is 147 Å². The van der Waals surface area contributed by atoms with E-state index in [9.17, 15) is 0 Å². The molecule has 0 spiro atoms. The summed E-state index contributed by atoms with van der Waals surface area (Å²) in [6.07, 6.45) is 22.2. The summed E-state index contributed by atoms with van der Waals surface area (Å²) in [6, 6.07) is 45.0. The van der Waals surface area contributed by atoms with Crippen LogP contribution in [0.2, 0.25) is 13.1 Å². The summed E-state index contributed by atoms with van der Waals surface area (Å²) >= 11 is 1.74. The number of hydrogen-bond acceptors (Lipinski definition) is 0. The molecule has 0 saturated heterocycles. The molecule has 296 valence electrons. The average Bonchev–Trinajstić information content (AvgIpc) is 3.79. The van der Waals surface area contributed by atoms with E-state index in [0.29, 0.717) is 10.8 Å². The summed E-state index contributed by atoms with van der Waals surface area (Å²) in [6.45, 7) is 9.32. The fourth-order valence-electron chi connectivity index (χ4n) is 10.1. The van der Waals surface area contributed by atoms with E-state index in [0.717, 1.165) is 0 Å². The van der Waals surface area contributed by atoms with E-state index in [1.54, 1.807) is 34.5 Å². The molecule has 0 nitrogen and oxygen atoms in total. The molecule has 0 N–H and O–H groups in total. The third-order valence-corrected chi connectivity index (χ3v) is 12.3. The predicted octanol–water partition coefficient (Wildman–Crippen LogP) is 9.83. The van der Waals surface area contributed by atoms with Crippen molar-refractivity contribution in [2.45, 2.75) is 130 Å². The Kier molecular flexibility index (Phi) is 18.9. The molecule has 6 aromatic carbocycles. The van der Waals surface area contributed by atoms with Crippen LogP contribution in [0.15, 0.2) is 121 Å². The van der Waals surface area contributed by atoms with E-state index in [2.05, 4.69) is 148 Å². The third-order valence-electron chi connectivity index (χ3n) is 12.3. The summed E-state index contributed by atoms with van der Waals surface area (Å²) in [5.74, 6) is 0. The van der Waals surface area contributed by atoms with Crippen molar-refractivity contribution in [1.29, 1.82) is 0 Å². The van der Waals surface area contributed by atoms with Crippen LogP contribution in [-0.4, -0.2) is 5.43 Å². The van der Waals surface area contributed by atoms with Crippen molar-refractivity contribution >= 4 is 27.0 Å². The largest absolute Gasteiger partial charge is 1.00 e. The van der Waals surface area contributed by atoms with Gasteiger partial charge in [-0.15, -0.1) is 69.1 Å². The molecule has 0 heterocycles. The van der Waals surface area contributed by atoms with Crippen molar-refractivity contribution in [2.75, 3.05) is 0 Å². The van der Waals surface area contributed by atoms with E-state index in [-0.39, 0.29) is 30.2 Å². The topological polar surface area (TPSA) is 0 Å². The van der Waals surface area contributed by atoms with Gasteiger partial charge in [0, 0.05) is 0 Å². The summed E-state index contributed by atoms with van der Waals surface area (Å²) in [5, 5.41) is 5.65. The summed E-state index contributed by atoms with van der Waals surface area (Å²) in [4.78, 5) is 0. The molecule has 0 amide bonds. The van der Waals surface area contributed by atoms with Crippen LogP contribution in [0.3, 0.4) is 0 Å². The number of fused-ring (bicyclic) bond motifs is 2. The molecule has 4 heteroatoms. The molecule has 0 radical (unpaired) electrons. The molecule has 2 aliphatic carbocycles. The van der Waals surface area contributed by atoms with Gasteiger partial charge < -0.3 is 24.8 Å². The smallest absolute Gasteiger partial charge is 1.00 e. The molecule has 56 heavy (non-hydrogen) atoms. The normalized spacial score (nSPS) is 15.7. The van der Waals surface area contributed by atoms with Gasteiger partial charge in [-0.1, -0.05) is 149 Å². The first-order chi connectivity index (χ1) is 26.3. The molecule has 2 fully saturated rings. The van der Waals surface area contributed by atoms with Gasteiger partial charge in [-0.2, -0.15) is 12.1 Å². The van der Waals surface area contributed by atoms with Crippen LogP contribution in [0.25, 0.3) is 43.8 Å². The van der Waals surface area contributed by atoms with E-state index in [4.69, 9.17) is 0 Å². The molecule has 0 bridgehead atoms. The maximum absolute atomic E-state index is 2.48. The zero-order valence-corrected chi connectivity index (χ0v) is 39.6. The van der Waals surface area contributed by atoms with Crippen LogP contribution in [0.1, 0.15) is 115 Å². The zero-order chi connectivity index (χ0) is 37.8. The van der Waals surface area contributed by atoms with Crippen molar-refractivity contribution in [2.24, 2.45) is 10.8 Å². The minimum atomic E-state index is 0. The number of rotatable bonds is 10. The first kappa shape index (κ1) is 46.5. The molecule has 8 rings (SSSR count). The minimum Gasteiger partial charge on any atom is -1.00 e. The molecule has 6 aromatic rings. The van der Waals surface area contributed by atoms with Gasteiger partial charge in [0.05, 0.1) is 0 Å². The Morgan fingerprint density at radius 2 is 0.875 bits per heavy atom. The van der Waals surface area contributed by atoms with Gasteiger partial charge in [0.25, 0.3) is 0 Å². The Labute approximate surface area is 367 Å². The van der Waals surface area contributed by atoms with Crippen LogP contribution in [0, 0.1) is 10.8 Å². The van der Waals surface area contributed by atoms with E-state index in [1.807, 2.05) is 0 Å². The maximum Gasteiger partial charge on any atom is -1.00 e. The van der Waals surface area contributed by atoms with Gasteiger partial charge in [0.1, 0.15) is 0 Å². The Hall–Kier alpha value is -2.22. The van der Waals surface area contributed by atoms with Crippen LogP contribution < -0.4 is 24.8 Å². The second kappa shape index (κ2) is 22.8. The molecular weight excluding hydrogens is 815 g/mol. The van der Waals surface area contributed by atoms with Crippen LogP contribution in [-0.2, 0) is 36.2 Å². The molecule has 0 aliphatic heterocycles. The van der Waals surface area contributed by atoms with Crippen LogP contribution in [0.4, 0.5) is 0 Å². The SMILES string of the molecule is CCCC1(Cc2cc3c(-c4ccccc4)cccc3[cH-]2)CCCCC1.CCCC1(Cc2cc3c(-c4ccccc4)cccc3[cH-]2)CCCCC1.C[Si](C)=[Zr+2].[Cl-].[Cl-]. The van der Waals surface area contributed by atoms with Crippen LogP contribution in [0.5, 0.6) is 0 Å². The number of benzene rings is 4. The Morgan fingerprint density at radius 3 is 1.21 bits per heavy atom. The molecular formula is C52H64Cl2SiZr-2. The van der Waals surface area contributed by atoms with Crippen molar-refractivity contribution in [3.63, 3.8) is 0 Å². The second-order valence-corrected chi connectivity index (χ2v) is 26.4. The van der Waals surface area contributed by atoms with Crippen molar-refractivity contribution in [3.05, 3.63) is 132 Å². The van der Waals surface area contributed by atoms with Gasteiger partial charge in [-0.3, -0.25) is 0 Å². The molecule has 0 aromatic heterocycles. The van der Waals surface area contributed by atoms with E-state index < -0.39 is 0 Å². The maximum atomic E-state index is 2.48. The molecule has 0 unspecified atom stereocenters. The molecule has 2 saturated carbocycles. The summed E-state index contributed by atoms with van der Waals surface area (Å²) in [7, 11) is 0. The second-order valence-electron chi connectivity index (χ2n) is 17.1. The quantitative estimate of drug-likeness (QED) is 0.0951. The fourth-order valence-corrected chi connectivity index (χ4v) is 10.1. The Bertz CT molecular complexity index is 1890. The average molecular weight is 879 g/mol. The molecule has 0 atom stereocenters. The predicted molar refractivity (Wildman–Crippen MR) is 236 cm³/mol. The Morgan fingerprint density at radius 1 is 0.518 bits per heavy atom. The Balaban J connectivity index is 0.000000220. The zero-order valence-electron chi connectivity index (χ0n) is 34.6. The van der Waals surface area contributed by atoms with Gasteiger partial charge in [0.2, 0.25) is 0 Å². The van der Waals surface area contributed by atoms with Crippen molar-refractivity contribution < 1.29 is 48.1 Å². The summed E-state index contributed by atoms with van der Waals surface area (Å²) in [5.41, 5.74) is 9.83. The minimum absolute atomic E-state index is 0. The standard InChI is InChI=1S/2C25H29.C2H6Si.2ClH.Zr/c2*1-2-14-25(15-7-4-8-16-25)19-20-17-22-12-9-13-23(24(22)18-20)21-10-5-3-6-11-21;1-3-2;;;/h2*3,5-6,9-13,17-18H,2,4,7-8,14-16,19H2,1H3;1-2H3;2*1H;/q2*-1;;;;+2/p-2. The van der Waals surface area contributed by atoms with Crippen molar-refractivity contribution in [3.8, 4) is 22.3 Å². The van der Waals surface area contributed by atoms with Gasteiger partial charge in [0.15, 0.2) is 0 Å². The van der Waals surface area contributed by atoms with Crippen LogP contribution >= 0.6 is 0 Å². The van der Waals surface area contributed by atoms with Gasteiger partial charge in [-0.25, -0.2) is 0 Å². The van der Waals surface area contributed by atoms with Gasteiger partial charge in [-0.05, 0) is 73.3 Å². The third kappa shape index (κ3) is 12.4. The first-order valence-corrected chi connectivity index (χ1v) is 27.5. The van der Waals surface area contributed by atoms with Crippen molar-refractivity contribution in [1.82, 2.24) is 0 Å². The fraction of sp³-hybridized carbons (Fsp3) is 0.423. The summed E-state index contributed by atoms with van der Waals surface area (Å²) < 4.78 is 0. The van der Waals surface area contributed by atoms with Gasteiger partial charge >= 0.3 is 41.9 Å². The first-order valence-electron chi connectivity index (χ1n) is 21.3. The monoisotopic (exact) mass is 876 g/mol.